The maximum Gasteiger partial charge on any atom is 0.293 e. The van der Waals surface area contributed by atoms with Crippen LogP contribution in [0.5, 0.6) is 0 Å². The Hall–Kier alpha value is -2.14. The molecule has 0 fully saturated rings. The topological polar surface area (TPSA) is 72.9 Å². The zero-order valence-corrected chi connectivity index (χ0v) is 10.3. The van der Waals surface area contributed by atoms with Crippen LogP contribution in [0.25, 0.3) is 0 Å². The molecule has 18 heavy (non-hydrogen) atoms. The zero-order valence-electron chi connectivity index (χ0n) is 10.3. The van der Waals surface area contributed by atoms with Crippen LogP contribution >= 0.6 is 0 Å². The Kier molecular flexibility index (Phi) is 3.74. The largest absolute Gasteiger partial charge is 0.336 e. The molecule has 0 bridgehead atoms. The highest BCUT2D eigenvalue weighted by molar-refractivity contribution is 5.55. The lowest BCUT2D eigenvalue weighted by Gasteiger charge is -2.07. The minimum absolute atomic E-state index is 0.122. The van der Waals surface area contributed by atoms with Crippen molar-refractivity contribution in [3.63, 3.8) is 0 Å². The Morgan fingerprint density at radius 1 is 1.33 bits per heavy atom. The number of hydrogen-bond donors (Lipinski definition) is 2. The molecular weight excluding hydrogens is 228 g/mol. The molecule has 1 aromatic carbocycles. The second-order valence-corrected chi connectivity index (χ2v) is 3.89. The Bertz CT molecular complexity index is 574. The molecule has 0 aliphatic rings. The molecule has 0 atom stereocenters. The summed E-state index contributed by atoms with van der Waals surface area (Å²) in [6.45, 7) is 3.05. The van der Waals surface area contributed by atoms with Crippen molar-refractivity contribution in [1.29, 1.82) is 0 Å². The molecule has 1 aromatic heterocycles. The average molecular weight is 244 g/mol. The highest BCUT2D eigenvalue weighted by atomic mass is 16.1. The summed E-state index contributed by atoms with van der Waals surface area (Å²) in [4.78, 5) is 16.0. The van der Waals surface area contributed by atoms with Gasteiger partial charge >= 0.3 is 0 Å². The number of aromatic nitrogens is 2. The van der Waals surface area contributed by atoms with Gasteiger partial charge in [-0.1, -0.05) is 12.1 Å². The van der Waals surface area contributed by atoms with Gasteiger partial charge in [0.05, 0.1) is 0 Å². The first-order chi connectivity index (χ1) is 8.74. The van der Waals surface area contributed by atoms with Crippen molar-refractivity contribution in [3.05, 3.63) is 52.6 Å². The van der Waals surface area contributed by atoms with Crippen LogP contribution in [0.1, 0.15) is 12.5 Å². The van der Waals surface area contributed by atoms with Gasteiger partial charge in [0.1, 0.15) is 0 Å². The number of hydrogen-bond acceptors (Lipinski definition) is 4. The van der Waals surface area contributed by atoms with Gasteiger partial charge in [0, 0.05) is 31.2 Å². The summed E-state index contributed by atoms with van der Waals surface area (Å²) in [5.74, 6) is 0.333. The predicted molar refractivity (Wildman–Crippen MR) is 71.8 cm³/mol. The van der Waals surface area contributed by atoms with E-state index in [0.717, 1.165) is 11.3 Å². The molecule has 0 amide bonds. The fraction of sp³-hybridized carbons (Fsp3) is 0.231. The highest BCUT2D eigenvalue weighted by Crippen LogP contribution is 2.12. The first kappa shape index (κ1) is 12.3. The third-order valence-corrected chi connectivity index (χ3v) is 2.71. The quantitative estimate of drug-likeness (QED) is 0.854. The van der Waals surface area contributed by atoms with Gasteiger partial charge in [0.15, 0.2) is 5.82 Å². The van der Waals surface area contributed by atoms with Crippen molar-refractivity contribution in [3.8, 4) is 0 Å². The molecule has 1 heterocycles. The van der Waals surface area contributed by atoms with E-state index in [1.165, 1.54) is 0 Å². The van der Waals surface area contributed by atoms with Crippen molar-refractivity contribution < 1.29 is 0 Å². The minimum Gasteiger partial charge on any atom is -0.336 e. The molecule has 0 radical (unpaired) electrons. The zero-order chi connectivity index (χ0) is 13.0. The van der Waals surface area contributed by atoms with Gasteiger partial charge in [-0.3, -0.25) is 4.79 Å². The molecular formula is C13H16N4O. The number of nitrogens with zero attached hydrogens (tertiary/aromatic N) is 2. The second-order valence-electron chi connectivity index (χ2n) is 3.89. The van der Waals surface area contributed by atoms with Crippen molar-refractivity contribution in [2.75, 3.05) is 5.32 Å². The van der Waals surface area contributed by atoms with Gasteiger partial charge in [-0.05, 0) is 24.6 Å². The maximum atomic E-state index is 11.9. The average Bonchev–Trinajstić information content (AvgIpc) is 2.42. The summed E-state index contributed by atoms with van der Waals surface area (Å²) in [5, 5.41) is 3.01. The monoisotopic (exact) mass is 244 g/mol. The Morgan fingerprint density at radius 2 is 2.06 bits per heavy atom. The van der Waals surface area contributed by atoms with Gasteiger partial charge in [-0.2, -0.15) is 0 Å². The lowest BCUT2D eigenvalue weighted by molar-refractivity contribution is 0.720. The van der Waals surface area contributed by atoms with E-state index in [4.69, 9.17) is 5.73 Å². The first-order valence-electron chi connectivity index (χ1n) is 5.86. The standard InChI is InChI=1S/C13H16N4O/c1-2-17-8-7-15-12(13(17)18)16-11-5-3-10(9-14)4-6-11/h3-8H,2,9,14H2,1H3,(H,15,16). The van der Waals surface area contributed by atoms with E-state index >= 15 is 0 Å². The highest BCUT2D eigenvalue weighted by Gasteiger charge is 2.03. The van der Waals surface area contributed by atoms with Crippen LogP contribution in [-0.4, -0.2) is 9.55 Å². The van der Waals surface area contributed by atoms with Crippen LogP contribution in [0.3, 0.4) is 0 Å². The molecule has 0 unspecified atom stereocenters. The van der Waals surface area contributed by atoms with Crippen molar-refractivity contribution >= 4 is 11.5 Å². The van der Waals surface area contributed by atoms with Gasteiger partial charge < -0.3 is 15.6 Å². The van der Waals surface area contributed by atoms with Crippen molar-refractivity contribution in [1.82, 2.24) is 9.55 Å². The van der Waals surface area contributed by atoms with Crippen LogP contribution in [-0.2, 0) is 13.1 Å². The smallest absolute Gasteiger partial charge is 0.293 e. The minimum atomic E-state index is -0.122. The molecule has 5 heteroatoms. The SMILES string of the molecule is CCn1ccnc(Nc2ccc(CN)cc2)c1=O. The Labute approximate surface area is 105 Å². The molecule has 0 spiro atoms. The fourth-order valence-electron chi connectivity index (χ4n) is 1.64. The van der Waals surface area contributed by atoms with Crippen LogP contribution in [0.15, 0.2) is 41.5 Å². The molecule has 2 rings (SSSR count). The number of aryl methyl sites for hydroxylation is 1. The van der Waals surface area contributed by atoms with E-state index in [2.05, 4.69) is 10.3 Å². The molecule has 0 saturated heterocycles. The van der Waals surface area contributed by atoms with Crippen molar-refractivity contribution in [2.45, 2.75) is 20.0 Å². The molecule has 94 valence electrons. The molecule has 0 aliphatic carbocycles. The summed E-state index contributed by atoms with van der Waals surface area (Å²) >= 11 is 0. The van der Waals surface area contributed by atoms with E-state index < -0.39 is 0 Å². The van der Waals surface area contributed by atoms with E-state index in [1.807, 2.05) is 31.2 Å². The van der Waals surface area contributed by atoms with Gasteiger partial charge in [-0.25, -0.2) is 4.98 Å². The molecule has 0 saturated carbocycles. The van der Waals surface area contributed by atoms with Crippen molar-refractivity contribution in [2.24, 2.45) is 5.73 Å². The fourth-order valence-corrected chi connectivity index (χ4v) is 1.64. The maximum absolute atomic E-state index is 11.9. The van der Waals surface area contributed by atoms with Gasteiger partial charge in [0.2, 0.25) is 0 Å². The summed E-state index contributed by atoms with van der Waals surface area (Å²) < 4.78 is 1.60. The lowest BCUT2D eigenvalue weighted by atomic mass is 10.2. The number of nitrogens with one attached hydrogen (secondary N) is 1. The molecule has 0 aliphatic heterocycles. The van der Waals surface area contributed by atoms with Crippen LogP contribution in [0.4, 0.5) is 11.5 Å². The van der Waals surface area contributed by atoms with Gasteiger partial charge in [-0.15, -0.1) is 0 Å². The molecule has 5 nitrogen and oxygen atoms in total. The predicted octanol–water partition coefficient (Wildman–Crippen LogP) is 1.47. The van der Waals surface area contributed by atoms with Crippen LogP contribution in [0.2, 0.25) is 0 Å². The second kappa shape index (κ2) is 5.46. The molecule has 3 N–H and O–H groups in total. The van der Waals surface area contributed by atoms with E-state index in [9.17, 15) is 4.79 Å². The van der Waals surface area contributed by atoms with Gasteiger partial charge in [0.25, 0.3) is 5.56 Å². The number of benzene rings is 1. The number of rotatable bonds is 4. The third kappa shape index (κ3) is 2.57. The summed E-state index contributed by atoms with van der Waals surface area (Å²) in [5.41, 5.74) is 7.28. The van der Waals surface area contributed by atoms with Crippen LogP contribution < -0.4 is 16.6 Å². The summed E-state index contributed by atoms with van der Waals surface area (Å²) in [6.07, 6.45) is 3.28. The number of anilines is 2. The molecule has 2 aromatic rings. The first-order valence-corrected chi connectivity index (χ1v) is 5.86. The van der Waals surface area contributed by atoms with Crippen LogP contribution in [0, 0.1) is 0 Å². The van der Waals surface area contributed by atoms with E-state index in [1.54, 1.807) is 17.0 Å². The normalized spacial score (nSPS) is 10.3. The Balaban J connectivity index is 2.25. The van der Waals surface area contributed by atoms with E-state index in [0.29, 0.717) is 18.9 Å². The lowest BCUT2D eigenvalue weighted by Crippen LogP contribution is -2.22. The van der Waals surface area contributed by atoms with E-state index in [-0.39, 0.29) is 5.56 Å². The Morgan fingerprint density at radius 3 is 2.67 bits per heavy atom. The summed E-state index contributed by atoms with van der Waals surface area (Å²) in [7, 11) is 0. The number of nitrogens with two attached hydrogens (primary N) is 1. The third-order valence-electron chi connectivity index (χ3n) is 2.71. The summed E-state index contributed by atoms with van der Waals surface area (Å²) in [6, 6.07) is 7.60.